The van der Waals surface area contributed by atoms with Crippen LogP contribution >= 0.6 is 0 Å². The third-order valence-electron chi connectivity index (χ3n) is 5.19. The number of para-hydroxylation sites is 1. The number of halogens is 6. The van der Waals surface area contributed by atoms with E-state index in [9.17, 15) is 35.9 Å². The van der Waals surface area contributed by atoms with Gasteiger partial charge in [0.25, 0.3) is 0 Å². The fourth-order valence-electron chi connectivity index (χ4n) is 3.37. The van der Waals surface area contributed by atoms with E-state index < -0.39 is 47.9 Å². The van der Waals surface area contributed by atoms with Gasteiger partial charge in [-0.25, -0.2) is 0 Å². The highest BCUT2D eigenvalue weighted by Crippen LogP contribution is 2.49. The molecule has 0 atom stereocenters. The van der Waals surface area contributed by atoms with Gasteiger partial charge in [0.15, 0.2) is 0 Å². The van der Waals surface area contributed by atoms with Crippen molar-refractivity contribution in [3.63, 3.8) is 0 Å². The van der Waals surface area contributed by atoms with Crippen molar-refractivity contribution in [1.29, 1.82) is 0 Å². The van der Waals surface area contributed by atoms with Gasteiger partial charge in [-0.15, -0.1) is 0 Å². The average Bonchev–Trinajstić information content (AvgIpc) is 3.46. The molecule has 2 aromatic carbocycles. The fourth-order valence-corrected chi connectivity index (χ4v) is 3.37. The normalized spacial score (nSPS) is 15.2. The Kier molecular flexibility index (Phi) is 6.52. The largest absolute Gasteiger partial charge is 0.418 e. The first kappa shape index (κ1) is 23.6. The lowest BCUT2D eigenvalue weighted by atomic mass is 9.96. The highest BCUT2D eigenvalue weighted by Gasteiger charge is 2.51. The van der Waals surface area contributed by atoms with Crippen LogP contribution in [0.5, 0.6) is 0 Å². The molecule has 0 saturated heterocycles. The number of anilines is 2. The Labute approximate surface area is 180 Å². The lowest BCUT2D eigenvalue weighted by Gasteiger charge is -2.16. The molecule has 32 heavy (non-hydrogen) atoms. The number of amides is 1. The summed E-state index contributed by atoms with van der Waals surface area (Å²) in [5.41, 5.74) is -0.921. The number of rotatable bonds is 8. The number of benzene rings is 2. The topological polar surface area (TPSA) is 58.2 Å². The van der Waals surface area contributed by atoms with Crippen LogP contribution in [-0.2, 0) is 22.3 Å². The van der Waals surface area contributed by atoms with Gasteiger partial charge in [-0.2, -0.15) is 26.3 Å². The summed E-state index contributed by atoms with van der Waals surface area (Å²) in [7, 11) is 0. The van der Waals surface area contributed by atoms with Crippen molar-refractivity contribution in [3.8, 4) is 0 Å². The molecule has 3 rings (SSSR count). The van der Waals surface area contributed by atoms with E-state index in [-0.39, 0.29) is 12.2 Å². The minimum absolute atomic E-state index is 0.0768. The first-order chi connectivity index (χ1) is 14.9. The van der Waals surface area contributed by atoms with Crippen LogP contribution in [-0.4, -0.2) is 17.9 Å². The van der Waals surface area contributed by atoms with Crippen LogP contribution in [0.3, 0.4) is 0 Å². The van der Waals surface area contributed by atoms with Crippen molar-refractivity contribution < 1.29 is 35.9 Å². The third kappa shape index (κ3) is 6.24. The summed E-state index contributed by atoms with van der Waals surface area (Å²) in [5.74, 6) is -1.49. The second-order valence-electron chi connectivity index (χ2n) is 7.84. The second kappa shape index (κ2) is 8.84. The van der Waals surface area contributed by atoms with Crippen LogP contribution in [0.4, 0.5) is 37.7 Å². The van der Waals surface area contributed by atoms with Gasteiger partial charge in [-0.3, -0.25) is 9.59 Å². The molecular formula is C22H20F6N2O2. The number of carbonyl (C=O) groups excluding carboxylic acids is 2. The number of carbonyl (C=O) groups is 2. The molecule has 1 aliphatic carbocycles. The maximum atomic E-state index is 13.1. The van der Waals surface area contributed by atoms with E-state index in [2.05, 4.69) is 10.6 Å². The Morgan fingerprint density at radius 2 is 1.53 bits per heavy atom. The molecule has 1 saturated carbocycles. The second-order valence-corrected chi connectivity index (χ2v) is 7.84. The first-order valence-electron chi connectivity index (χ1n) is 9.77. The van der Waals surface area contributed by atoms with Crippen LogP contribution < -0.4 is 10.6 Å². The summed E-state index contributed by atoms with van der Waals surface area (Å²) in [6, 6.07) is 11.4. The molecular weight excluding hydrogens is 438 g/mol. The predicted octanol–water partition coefficient (Wildman–Crippen LogP) is 5.76. The number of hydrogen-bond donors (Lipinski definition) is 2. The molecule has 1 aliphatic rings. The molecule has 1 amide bonds. The molecule has 0 heterocycles. The highest BCUT2D eigenvalue weighted by molar-refractivity contribution is 5.92. The van der Waals surface area contributed by atoms with Gasteiger partial charge in [-0.05, 0) is 42.7 Å². The summed E-state index contributed by atoms with van der Waals surface area (Å²) in [6.07, 6.45) is -10.4. The molecule has 0 radical (unpaired) electrons. The van der Waals surface area contributed by atoms with Crippen molar-refractivity contribution in [2.24, 2.45) is 5.41 Å². The smallest absolute Gasteiger partial charge is 0.355 e. The lowest BCUT2D eigenvalue weighted by molar-refractivity contribution is -0.154. The zero-order valence-electron chi connectivity index (χ0n) is 16.7. The van der Waals surface area contributed by atoms with Gasteiger partial charge in [0.2, 0.25) is 5.91 Å². The molecule has 172 valence electrons. The molecule has 2 N–H and O–H groups in total. The monoisotopic (exact) mass is 458 g/mol. The van der Waals surface area contributed by atoms with Gasteiger partial charge >= 0.3 is 12.4 Å². The molecule has 1 fully saturated rings. The van der Waals surface area contributed by atoms with E-state index in [0.29, 0.717) is 24.1 Å². The molecule has 10 heteroatoms. The van der Waals surface area contributed by atoms with E-state index in [0.717, 1.165) is 6.07 Å². The van der Waals surface area contributed by atoms with Crippen molar-refractivity contribution in [1.82, 2.24) is 5.32 Å². The number of alkyl halides is 6. The zero-order valence-corrected chi connectivity index (χ0v) is 16.7. The van der Waals surface area contributed by atoms with E-state index in [4.69, 9.17) is 0 Å². The summed E-state index contributed by atoms with van der Waals surface area (Å²) in [6.45, 7) is 0.0768. The summed E-state index contributed by atoms with van der Waals surface area (Å²) >= 11 is 0. The highest BCUT2D eigenvalue weighted by atomic mass is 19.4. The van der Waals surface area contributed by atoms with Crippen LogP contribution in [0.25, 0.3) is 0 Å². The predicted molar refractivity (Wildman–Crippen MR) is 105 cm³/mol. The van der Waals surface area contributed by atoms with Crippen molar-refractivity contribution in [2.45, 2.75) is 44.6 Å². The zero-order chi connectivity index (χ0) is 23.6. The number of Topliss-reactive ketones (excluding diaryl/α,β-unsaturated/α-hetero) is 1. The summed E-state index contributed by atoms with van der Waals surface area (Å²) in [4.78, 5) is 24.0. The van der Waals surface area contributed by atoms with Gasteiger partial charge < -0.3 is 10.6 Å². The van der Waals surface area contributed by atoms with E-state index in [1.54, 1.807) is 24.3 Å². The van der Waals surface area contributed by atoms with Crippen molar-refractivity contribution in [2.75, 3.05) is 5.32 Å². The molecule has 0 aromatic heterocycles. The van der Waals surface area contributed by atoms with Crippen LogP contribution in [0.2, 0.25) is 0 Å². The maximum absolute atomic E-state index is 13.1. The lowest BCUT2D eigenvalue weighted by Crippen LogP contribution is -2.33. The van der Waals surface area contributed by atoms with Crippen molar-refractivity contribution >= 4 is 23.1 Å². The Balaban J connectivity index is 1.56. The fraction of sp³-hybridized carbons (Fsp3) is 0.364. The van der Waals surface area contributed by atoms with Crippen LogP contribution in [0, 0.1) is 5.41 Å². The van der Waals surface area contributed by atoms with E-state index in [1.807, 2.05) is 0 Å². The molecule has 0 unspecified atom stereocenters. The van der Waals surface area contributed by atoms with Gasteiger partial charge in [-0.1, -0.05) is 24.3 Å². The van der Waals surface area contributed by atoms with Gasteiger partial charge in [0.1, 0.15) is 12.2 Å². The Hall–Kier alpha value is -3.04. The molecule has 0 spiro atoms. The Bertz CT molecular complexity index is 979. The van der Waals surface area contributed by atoms with Gasteiger partial charge in [0.05, 0.1) is 16.7 Å². The molecule has 0 aliphatic heterocycles. The first-order valence-corrected chi connectivity index (χ1v) is 9.77. The average molecular weight is 458 g/mol. The SMILES string of the molecule is O=C(CC(F)(F)F)CC1(C(=O)NCc2ccc(Nc3ccccc3C(F)(F)F)cc2)CC1. The third-order valence-corrected chi connectivity index (χ3v) is 5.19. The maximum Gasteiger partial charge on any atom is 0.418 e. The Morgan fingerprint density at radius 3 is 2.09 bits per heavy atom. The van der Waals surface area contributed by atoms with Crippen molar-refractivity contribution in [3.05, 3.63) is 59.7 Å². The number of hydrogen-bond acceptors (Lipinski definition) is 3. The number of nitrogens with one attached hydrogen (secondary N) is 2. The summed E-state index contributed by atoms with van der Waals surface area (Å²) in [5, 5.41) is 5.34. The van der Waals surface area contributed by atoms with Crippen LogP contribution in [0.1, 0.15) is 36.8 Å². The van der Waals surface area contributed by atoms with Crippen LogP contribution in [0.15, 0.2) is 48.5 Å². The quantitative estimate of drug-likeness (QED) is 0.495. The van der Waals surface area contributed by atoms with E-state index >= 15 is 0 Å². The van der Waals surface area contributed by atoms with E-state index in [1.165, 1.54) is 18.2 Å². The minimum Gasteiger partial charge on any atom is -0.355 e. The molecule has 4 nitrogen and oxygen atoms in total. The molecule has 2 aromatic rings. The number of ketones is 1. The standard InChI is InChI=1S/C22H20F6N2O2/c23-21(24,25)12-16(31)11-20(9-10-20)19(32)29-13-14-5-7-15(8-6-14)30-18-4-2-1-3-17(18)22(26,27)28/h1-8,30H,9-13H2,(H,29,32). The Morgan fingerprint density at radius 1 is 0.906 bits per heavy atom. The molecule has 0 bridgehead atoms. The summed E-state index contributed by atoms with van der Waals surface area (Å²) < 4.78 is 76.3. The minimum atomic E-state index is -4.60. The van der Waals surface area contributed by atoms with Gasteiger partial charge in [0, 0.05) is 18.7 Å².